The van der Waals surface area contributed by atoms with Crippen molar-refractivity contribution in [1.82, 2.24) is 5.32 Å². The van der Waals surface area contributed by atoms with E-state index in [1.54, 1.807) is 32.0 Å². The zero-order valence-corrected chi connectivity index (χ0v) is 23.0. The van der Waals surface area contributed by atoms with Crippen LogP contribution in [0.15, 0.2) is 65.0 Å². The second-order valence-corrected chi connectivity index (χ2v) is 10.2. The Labute approximate surface area is 227 Å². The molecular formula is C30H32ClNO6. The first-order chi connectivity index (χ1) is 18.1. The lowest BCUT2D eigenvalue weighted by Crippen LogP contribution is -2.36. The number of benzene rings is 2. The van der Waals surface area contributed by atoms with Crippen LogP contribution in [0.1, 0.15) is 70.4 Å². The first-order valence-electron chi connectivity index (χ1n) is 12.7. The minimum Gasteiger partial charge on any atom is -0.490 e. The second kappa shape index (κ2) is 11.4. The highest BCUT2D eigenvalue weighted by Crippen LogP contribution is 2.47. The number of halogens is 1. The van der Waals surface area contributed by atoms with Gasteiger partial charge in [-0.1, -0.05) is 29.8 Å². The van der Waals surface area contributed by atoms with Crippen molar-refractivity contribution in [3.63, 3.8) is 0 Å². The van der Waals surface area contributed by atoms with Crippen LogP contribution in [-0.4, -0.2) is 30.4 Å². The highest BCUT2D eigenvalue weighted by atomic mass is 35.5. The molecule has 0 saturated carbocycles. The molecule has 0 fully saturated rings. The van der Waals surface area contributed by atoms with Crippen molar-refractivity contribution in [3.05, 3.63) is 81.2 Å². The Morgan fingerprint density at radius 1 is 1.05 bits per heavy atom. The molecule has 2 atom stereocenters. The SMILES string of the molecule is CCOc1cc([C@H]2C(C(=O)OC(C)C)=C(C)NC3=C2C(=O)C[C@@H](c2ccc(Cl)cc2)C3)ccc1OC(C)=O. The number of hydrogen-bond acceptors (Lipinski definition) is 7. The number of Topliss-reactive ketones (excluding diaryl/α,β-unsaturated/α-hetero) is 1. The van der Waals surface area contributed by atoms with Gasteiger partial charge in [0, 0.05) is 41.3 Å². The van der Waals surface area contributed by atoms with Gasteiger partial charge < -0.3 is 19.5 Å². The molecule has 4 rings (SSSR count). The van der Waals surface area contributed by atoms with Crippen LogP contribution in [0.5, 0.6) is 11.5 Å². The molecule has 1 N–H and O–H groups in total. The predicted octanol–water partition coefficient (Wildman–Crippen LogP) is 5.98. The molecule has 8 heteroatoms. The smallest absolute Gasteiger partial charge is 0.337 e. The molecule has 200 valence electrons. The molecule has 0 radical (unpaired) electrons. The summed E-state index contributed by atoms with van der Waals surface area (Å²) in [6.07, 6.45) is 0.571. The number of carbonyl (C=O) groups is 3. The van der Waals surface area contributed by atoms with Crippen LogP contribution in [0.3, 0.4) is 0 Å². The lowest BCUT2D eigenvalue weighted by molar-refractivity contribution is -0.143. The fourth-order valence-electron chi connectivity index (χ4n) is 5.10. The maximum absolute atomic E-state index is 13.8. The van der Waals surface area contributed by atoms with E-state index in [0.29, 0.717) is 52.6 Å². The van der Waals surface area contributed by atoms with Crippen LogP contribution in [0.2, 0.25) is 5.02 Å². The molecule has 1 heterocycles. The first-order valence-corrected chi connectivity index (χ1v) is 13.1. The molecule has 0 aromatic heterocycles. The Balaban J connectivity index is 1.83. The molecule has 0 saturated heterocycles. The van der Waals surface area contributed by atoms with Gasteiger partial charge in [0.15, 0.2) is 17.3 Å². The number of dihydropyridines is 1. The zero-order valence-electron chi connectivity index (χ0n) is 22.2. The molecule has 0 amide bonds. The van der Waals surface area contributed by atoms with E-state index in [1.807, 2.05) is 38.1 Å². The van der Waals surface area contributed by atoms with Crippen LogP contribution in [0.4, 0.5) is 0 Å². The van der Waals surface area contributed by atoms with Crippen LogP contribution < -0.4 is 14.8 Å². The van der Waals surface area contributed by atoms with E-state index >= 15 is 0 Å². The Morgan fingerprint density at radius 3 is 2.37 bits per heavy atom. The molecule has 1 aliphatic heterocycles. The van der Waals surface area contributed by atoms with Gasteiger partial charge in [-0.05, 0) is 75.4 Å². The van der Waals surface area contributed by atoms with Gasteiger partial charge in [0.2, 0.25) is 0 Å². The normalized spacial score (nSPS) is 19.2. The van der Waals surface area contributed by atoms with Crippen molar-refractivity contribution >= 4 is 29.3 Å². The maximum atomic E-state index is 13.8. The van der Waals surface area contributed by atoms with Gasteiger partial charge in [0.25, 0.3) is 0 Å². The van der Waals surface area contributed by atoms with Gasteiger partial charge in [-0.2, -0.15) is 0 Å². The Hall–Kier alpha value is -3.58. The number of allylic oxidation sites excluding steroid dienone is 3. The van der Waals surface area contributed by atoms with Crippen molar-refractivity contribution in [2.45, 2.75) is 65.4 Å². The number of carbonyl (C=O) groups excluding carboxylic acids is 3. The van der Waals surface area contributed by atoms with E-state index in [-0.39, 0.29) is 23.6 Å². The summed E-state index contributed by atoms with van der Waals surface area (Å²) < 4.78 is 16.7. The number of ketones is 1. The van der Waals surface area contributed by atoms with E-state index < -0.39 is 17.9 Å². The Bertz CT molecular complexity index is 1320. The van der Waals surface area contributed by atoms with Gasteiger partial charge >= 0.3 is 11.9 Å². The van der Waals surface area contributed by atoms with Gasteiger partial charge in [-0.15, -0.1) is 0 Å². The molecule has 0 spiro atoms. The topological polar surface area (TPSA) is 90.9 Å². The summed E-state index contributed by atoms with van der Waals surface area (Å²) in [6, 6.07) is 12.7. The third-order valence-electron chi connectivity index (χ3n) is 6.59. The minimum absolute atomic E-state index is 0.0195. The standard InChI is InChI=1S/C30H32ClNO6/c1-6-36-26-15-20(9-12-25(26)38-18(5)33)28-27(30(35)37-16(2)3)17(4)32-23-13-21(14-24(34)29(23)28)19-7-10-22(31)11-8-19/h7-12,15-16,21,28,32H,6,13-14H2,1-5H3/t21-,28-/m0/s1. The minimum atomic E-state index is -0.665. The fourth-order valence-corrected chi connectivity index (χ4v) is 5.23. The lowest BCUT2D eigenvalue weighted by atomic mass is 9.71. The van der Waals surface area contributed by atoms with Crippen LogP contribution in [0, 0.1) is 0 Å². The van der Waals surface area contributed by atoms with E-state index in [4.69, 9.17) is 25.8 Å². The molecule has 38 heavy (non-hydrogen) atoms. The number of hydrogen-bond donors (Lipinski definition) is 1. The van der Waals surface area contributed by atoms with Crippen molar-refractivity contribution < 1.29 is 28.6 Å². The van der Waals surface area contributed by atoms with Crippen molar-refractivity contribution in [2.75, 3.05) is 6.61 Å². The average Bonchev–Trinajstić information content (AvgIpc) is 2.84. The lowest BCUT2D eigenvalue weighted by Gasteiger charge is -2.37. The van der Waals surface area contributed by atoms with E-state index in [2.05, 4.69) is 5.32 Å². The Kier molecular flexibility index (Phi) is 8.26. The molecule has 7 nitrogen and oxygen atoms in total. The van der Waals surface area contributed by atoms with Gasteiger partial charge in [-0.3, -0.25) is 9.59 Å². The number of rotatable bonds is 7. The molecule has 2 aromatic rings. The summed E-state index contributed by atoms with van der Waals surface area (Å²) in [5.74, 6) is -1.06. The summed E-state index contributed by atoms with van der Waals surface area (Å²) in [5.41, 5.74) is 4.03. The second-order valence-electron chi connectivity index (χ2n) is 9.76. The quantitative estimate of drug-likeness (QED) is 0.343. The van der Waals surface area contributed by atoms with Crippen molar-refractivity contribution in [3.8, 4) is 11.5 Å². The summed E-state index contributed by atoms with van der Waals surface area (Å²) >= 11 is 6.08. The average molecular weight is 538 g/mol. The monoisotopic (exact) mass is 537 g/mol. The fraction of sp³-hybridized carbons (Fsp3) is 0.367. The zero-order chi connectivity index (χ0) is 27.6. The highest BCUT2D eigenvalue weighted by Gasteiger charge is 2.42. The first kappa shape index (κ1) is 27.5. The van der Waals surface area contributed by atoms with Gasteiger partial charge in [-0.25, -0.2) is 4.79 Å². The van der Waals surface area contributed by atoms with E-state index in [9.17, 15) is 14.4 Å². The molecule has 0 bridgehead atoms. The van der Waals surface area contributed by atoms with E-state index in [0.717, 1.165) is 11.3 Å². The van der Waals surface area contributed by atoms with Crippen molar-refractivity contribution in [2.24, 2.45) is 0 Å². The summed E-state index contributed by atoms with van der Waals surface area (Å²) in [6.45, 7) is 8.88. The van der Waals surface area contributed by atoms with E-state index in [1.165, 1.54) is 6.92 Å². The van der Waals surface area contributed by atoms with Crippen LogP contribution >= 0.6 is 11.6 Å². The summed E-state index contributed by atoms with van der Waals surface area (Å²) in [5, 5.41) is 3.99. The number of nitrogens with one attached hydrogen (secondary N) is 1. The maximum Gasteiger partial charge on any atom is 0.337 e. The van der Waals surface area contributed by atoms with Crippen molar-refractivity contribution in [1.29, 1.82) is 0 Å². The molecular weight excluding hydrogens is 506 g/mol. The van der Waals surface area contributed by atoms with Gasteiger partial charge in [0.1, 0.15) is 0 Å². The summed E-state index contributed by atoms with van der Waals surface area (Å²) in [7, 11) is 0. The molecule has 1 aliphatic carbocycles. The number of esters is 2. The molecule has 2 aromatic carbocycles. The van der Waals surface area contributed by atoms with Gasteiger partial charge in [0.05, 0.1) is 18.3 Å². The molecule has 2 aliphatic rings. The predicted molar refractivity (Wildman–Crippen MR) is 144 cm³/mol. The highest BCUT2D eigenvalue weighted by molar-refractivity contribution is 6.30. The Morgan fingerprint density at radius 2 is 1.74 bits per heavy atom. The van der Waals surface area contributed by atoms with Crippen LogP contribution in [0.25, 0.3) is 0 Å². The molecule has 0 unspecified atom stereocenters. The third-order valence-corrected chi connectivity index (χ3v) is 6.84. The summed E-state index contributed by atoms with van der Waals surface area (Å²) in [4.78, 5) is 38.8. The third kappa shape index (κ3) is 5.78. The largest absolute Gasteiger partial charge is 0.490 e. The number of ether oxygens (including phenoxy) is 3. The van der Waals surface area contributed by atoms with Crippen LogP contribution in [-0.2, 0) is 19.1 Å².